The predicted molar refractivity (Wildman–Crippen MR) is 155 cm³/mol. The molecule has 0 atom stereocenters. The first-order valence-corrected chi connectivity index (χ1v) is 13.2. The third-order valence-corrected chi connectivity index (χ3v) is 6.03. The molecule has 2 aromatic heterocycles. The number of pyridine rings is 1. The molecule has 2 heterocycles. The van der Waals surface area contributed by atoms with Gasteiger partial charge in [0.15, 0.2) is 11.6 Å². The van der Waals surface area contributed by atoms with Crippen LogP contribution in [0.4, 0.5) is 21.6 Å². The Labute approximate surface area is 234 Å². The maximum Gasteiger partial charge on any atom is 0.219 e. The van der Waals surface area contributed by atoms with Crippen LogP contribution in [-0.2, 0) is 30.7 Å². The first kappa shape index (κ1) is 30.4. The van der Waals surface area contributed by atoms with Crippen LogP contribution in [0.5, 0.6) is 5.75 Å². The van der Waals surface area contributed by atoms with Crippen molar-refractivity contribution in [2.45, 2.75) is 65.6 Å². The number of aromatic nitrogens is 3. The standard InChI is InChI=1S/C29H38FN7O3/c1-7-21-15-22(40-6)16-24(27(21)30)35-25-10-9-23(28(31-5)37(25)14-13-33-26(38)8-2)32-12-11-20-17-34-36(18-20)19-29(3,4)39/h9-10,12,15-18,39H,5,7-8,11,13-14,19H2,1-4,6H3,(H,33,38). The third kappa shape index (κ3) is 8.19. The summed E-state index contributed by atoms with van der Waals surface area (Å²) in [7, 11) is 1.53. The molecule has 0 unspecified atom stereocenters. The van der Waals surface area contributed by atoms with Gasteiger partial charge >= 0.3 is 0 Å². The van der Waals surface area contributed by atoms with E-state index in [2.05, 4.69) is 32.1 Å². The number of nitrogens with zero attached hydrogens (tertiary/aromatic N) is 6. The molecule has 0 fully saturated rings. The summed E-state index contributed by atoms with van der Waals surface area (Å²) in [5.41, 5.74) is 1.66. The van der Waals surface area contributed by atoms with E-state index >= 15 is 4.39 Å². The molecule has 0 spiro atoms. The van der Waals surface area contributed by atoms with E-state index in [1.807, 2.05) is 13.1 Å². The normalized spacial score (nSPS) is 12.2. The highest BCUT2D eigenvalue weighted by Crippen LogP contribution is 2.29. The molecule has 0 aliphatic heterocycles. The van der Waals surface area contributed by atoms with E-state index in [-0.39, 0.29) is 11.6 Å². The van der Waals surface area contributed by atoms with Crippen LogP contribution in [0.15, 0.2) is 51.6 Å². The van der Waals surface area contributed by atoms with Gasteiger partial charge in [-0.2, -0.15) is 5.10 Å². The minimum Gasteiger partial charge on any atom is -0.497 e. The van der Waals surface area contributed by atoms with Crippen molar-refractivity contribution in [1.29, 1.82) is 0 Å². The number of aliphatic hydroxyl groups is 1. The molecule has 1 aromatic carbocycles. The van der Waals surface area contributed by atoms with E-state index < -0.39 is 11.4 Å². The van der Waals surface area contributed by atoms with Crippen molar-refractivity contribution in [3.05, 3.63) is 59.1 Å². The van der Waals surface area contributed by atoms with Gasteiger partial charge in [-0.1, -0.05) is 13.8 Å². The Bertz CT molecular complexity index is 1430. The Morgan fingerprint density at radius 1 is 1.27 bits per heavy atom. The number of methoxy groups -OCH3 is 1. The summed E-state index contributed by atoms with van der Waals surface area (Å²) >= 11 is 0. The largest absolute Gasteiger partial charge is 0.497 e. The Balaban J connectivity index is 2.00. The van der Waals surface area contributed by atoms with E-state index in [4.69, 9.17) is 4.74 Å². The highest BCUT2D eigenvalue weighted by molar-refractivity contribution is 5.75. The number of nitrogens with one attached hydrogen (secondary N) is 1. The lowest BCUT2D eigenvalue weighted by atomic mass is 10.1. The number of ether oxygens (including phenoxy) is 1. The maximum absolute atomic E-state index is 15.2. The molecular weight excluding hydrogens is 513 g/mol. The van der Waals surface area contributed by atoms with Crippen LogP contribution >= 0.6 is 0 Å². The molecule has 3 rings (SSSR count). The number of hydrogen-bond acceptors (Lipinski definition) is 7. The minimum absolute atomic E-state index is 0.0852. The van der Waals surface area contributed by atoms with E-state index in [1.165, 1.54) is 7.11 Å². The van der Waals surface area contributed by atoms with E-state index in [0.717, 1.165) is 5.56 Å². The van der Waals surface area contributed by atoms with Crippen LogP contribution in [0.1, 0.15) is 45.2 Å². The van der Waals surface area contributed by atoms with Gasteiger partial charge in [0.2, 0.25) is 5.91 Å². The molecular formula is C29H38FN7O3. The second kappa shape index (κ2) is 13.8. The number of amides is 1. The van der Waals surface area contributed by atoms with Gasteiger partial charge in [-0.25, -0.2) is 14.4 Å². The van der Waals surface area contributed by atoms with Gasteiger partial charge in [-0.05, 0) is 56.3 Å². The van der Waals surface area contributed by atoms with Crippen LogP contribution < -0.4 is 15.5 Å². The minimum atomic E-state index is -0.870. The number of carbonyl (C=O) groups excluding carboxylic acids is 1. The molecule has 11 heteroatoms. The second-order valence-electron chi connectivity index (χ2n) is 9.87. The molecule has 2 N–H and O–H groups in total. The van der Waals surface area contributed by atoms with Gasteiger partial charge in [-0.15, -0.1) is 0 Å². The van der Waals surface area contributed by atoms with Crippen molar-refractivity contribution < 1.29 is 19.0 Å². The molecule has 10 nitrogen and oxygen atoms in total. The fraction of sp³-hybridized carbons (Fsp3) is 0.414. The molecule has 0 radical (unpaired) electrons. The average Bonchev–Trinajstić information content (AvgIpc) is 3.35. The smallest absolute Gasteiger partial charge is 0.219 e. The van der Waals surface area contributed by atoms with Gasteiger partial charge < -0.3 is 19.7 Å². The monoisotopic (exact) mass is 551 g/mol. The van der Waals surface area contributed by atoms with Crippen LogP contribution in [-0.4, -0.2) is 57.5 Å². The summed E-state index contributed by atoms with van der Waals surface area (Å²) in [4.78, 5) is 25.3. The number of hydrogen-bond donors (Lipinski definition) is 2. The van der Waals surface area contributed by atoms with Crippen LogP contribution in [0, 0.1) is 5.82 Å². The first-order valence-electron chi connectivity index (χ1n) is 13.2. The second-order valence-corrected chi connectivity index (χ2v) is 9.87. The summed E-state index contributed by atoms with van der Waals surface area (Å²) in [6.45, 7) is 11.8. The molecule has 0 aliphatic carbocycles. The molecule has 3 aromatic rings. The van der Waals surface area contributed by atoms with Gasteiger partial charge in [0.25, 0.3) is 0 Å². The van der Waals surface area contributed by atoms with Crippen molar-refractivity contribution in [2.75, 3.05) is 13.7 Å². The summed E-state index contributed by atoms with van der Waals surface area (Å²) in [5.74, 6) is 0.431. The van der Waals surface area contributed by atoms with E-state index in [0.29, 0.717) is 67.2 Å². The lowest BCUT2D eigenvalue weighted by Gasteiger charge is -2.16. The average molecular weight is 552 g/mol. The zero-order chi connectivity index (χ0) is 29.3. The number of rotatable bonds is 13. The van der Waals surface area contributed by atoms with Crippen molar-refractivity contribution in [1.82, 2.24) is 19.7 Å². The van der Waals surface area contributed by atoms with Gasteiger partial charge in [0.1, 0.15) is 22.6 Å². The summed E-state index contributed by atoms with van der Waals surface area (Å²) in [5, 5.41) is 17.2. The third-order valence-electron chi connectivity index (χ3n) is 6.03. The maximum atomic E-state index is 15.2. The van der Waals surface area contributed by atoms with Crippen molar-refractivity contribution in [3.8, 4) is 5.75 Å². The number of aryl methyl sites for hydroxylation is 1. The number of halogens is 1. The number of carbonyl (C=O) groups is 1. The molecule has 214 valence electrons. The van der Waals surface area contributed by atoms with E-state index in [9.17, 15) is 9.90 Å². The summed E-state index contributed by atoms with van der Waals surface area (Å²) in [6.07, 6.45) is 6.69. The Morgan fingerprint density at radius 2 is 2.05 bits per heavy atom. The molecule has 0 saturated carbocycles. The molecule has 40 heavy (non-hydrogen) atoms. The highest BCUT2D eigenvalue weighted by Gasteiger charge is 2.14. The summed E-state index contributed by atoms with van der Waals surface area (Å²) in [6, 6.07) is 6.68. The topological polar surface area (TPSA) is 118 Å². The number of benzene rings is 1. The molecule has 0 bridgehead atoms. The van der Waals surface area contributed by atoms with Crippen molar-refractivity contribution in [3.63, 3.8) is 0 Å². The lowest BCUT2D eigenvalue weighted by molar-refractivity contribution is -0.120. The predicted octanol–water partition coefficient (Wildman–Crippen LogP) is 4.20. The van der Waals surface area contributed by atoms with Gasteiger partial charge in [0.05, 0.1) is 25.5 Å². The molecule has 0 saturated heterocycles. The quantitative estimate of drug-likeness (QED) is 0.310. The van der Waals surface area contributed by atoms with Crippen molar-refractivity contribution in [2.24, 2.45) is 15.0 Å². The van der Waals surface area contributed by atoms with Crippen LogP contribution in [0.2, 0.25) is 0 Å². The number of aliphatic imine (C=N–C) groups is 2. The lowest BCUT2D eigenvalue weighted by Crippen LogP contribution is -2.30. The van der Waals surface area contributed by atoms with Crippen molar-refractivity contribution >= 4 is 36.0 Å². The molecule has 0 aliphatic rings. The summed E-state index contributed by atoms with van der Waals surface area (Å²) < 4.78 is 24.0. The fourth-order valence-corrected chi connectivity index (χ4v) is 4.05. The highest BCUT2D eigenvalue weighted by atomic mass is 19.1. The van der Waals surface area contributed by atoms with E-state index in [1.54, 1.807) is 66.7 Å². The fourth-order valence-electron chi connectivity index (χ4n) is 4.05. The van der Waals surface area contributed by atoms with Gasteiger partial charge in [-0.3, -0.25) is 14.5 Å². The Morgan fingerprint density at radius 3 is 2.70 bits per heavy atom. The van der Waals surface area contributed by atoms with Crippen LogP contribution in [0.25, 0.3) is 0 Å². The van der Waals surface area contributed by atoms with Gasteiger partial charge in [0, 0.05) is 44.4 Å². The SMILES string of the molecule is C=Nc1c(N=CCc2cnn(CC(C)(C)O)c2)ccc(=Nc2cc(OC)cc(CC)c2F)n1CCNC(=O)CC. The Kier molecular flexibility index (Phi) is 10.5. The first-order chi connectivity index (χ1) is 19.1. The van der Waals surface area contributed by atoms with Crippen LogP contribution in [0.3, 0.4) is 0 Å². The zero-order valence-electron chi connectivity index (χ0n) is 23.8. The Hall–Kier alpha value is -4.12. The molecule has 1 amide bonds. The zero-order valence-corrected chi connectivity index (χ0v) is 23.8.